The molecule has 28 heavy (non-hydrogen) atoms. The van der Waals surface area contributed by atoms with Crippen LogP contribution < -0.4 is 22.1 Å². The summed E-state index contributed by atoms with van der Waals surface area (Å²) in [5.74, 6) is -1.53. The molecule has 0 spiro atoms. The highest BCUT2D eigenvalue weighted by molar-refractivity contribution is 5.98. The summed E-state index contributed by atoms with van der Waals surface area (Å²) in [7, 11) is 0. The fourth-order valence-corrected chi connectivity index (χ4v) is 2.37. The number of alkyl carbamates (subject to hydrolysis) is 1. The minimum Gasteiger partial charge on any atom is -0.445 e. The summed E-state index contributed by atoms with van der Waals surface area (Å²) < 4.78 is 5.16. The Morgan fingerprint density at radius 3 is 2.07 bits per heavy atom. The van der Waals surface area contributed by atoms with Gasteiger partial charge in [0, 0.05) is 12.6 Å². The van der Waals surface area contributed by atoms with E-state index in [4.69, 9.17) is 16.2 Å². The molecule has 0 saturated heterocycles. The van der Waals surface area contributed by atoms with Gasteiger partial charge in [0.1, 0.15) is 18.3 Å². The smallest absolute Gasteiger partial charge is 0.408 e. The second-order valence-electron chi connectivity index (χ2n) is 5.88. The Balaban J connectivity index is 2.05. The molecule has 0 saturated carbocycles. The number of benzene rings is 2. The van der Waals surface area contributed by atoms with Crippen LogP contribution in [0.5, 0.6) is 0 Å². The molecule has 0 fully saturated rings. The zero-order valence-electron chi connectivity index (χ0n) is 15.1. The van der Waals surface area contributed by atoms with Crippen molar-refractivity contribution >= 4 is 17.9 Å². The molecule has 0 aromatic heterocycles. The lowest BCUT2D eigenvalue weighted by molar-refractivity contribution is -0.124. The maximum atomic E-state index is 12.5. The van der Waals surface area contributed by atoms with Gasteiger partial charge in [-0.15, -0.1) is 0 Å². The lowest BCUT2D eigenvalue weighted by Crippen LogP contribution is -2.49. The molecule has 2 aromatic rings. The predicted molar refractivity (Wildman–Crippen MR) is 103 cm³/mol. The summed E-state index contributed by atoms with van der Waals surface area (Å²) in [6.07, 6.45) is 0.314. The number of ether oxygens (including phenoxy) is 1. The highest BCUT2D eigenvalue weighted by atomic mass is 16.5. The van der Waals surface area contributed by atoms with Gasteiger partial charge in [0.15, 0.2) is 0 Å². The molecule has 146 valence electrons. The Morgan fingerprint density at radius 2 is 1.54 bits per heavy atom. The number of nitrogens with one attached hydrogen (secondary N) is 2. The Hall–Kier alpha value is -3.81. The Bertz CT molecular complexity index is 838. The minimum atomic E-state index is -1.00. The SMILES string of the molecule is N/C=C(\NC(=O)[C@H](Cc1ccccc1)NC(=O)OCc1ccccc1)C(N)=O. The van der Waals surface area contributed by atoms with E-state index in [0.717, 1.165) is 17.3 Å². The number of primary amides is 1. The lowest BCUT2D eigenvalue weighted by atomic mass is 10.1. The molecule has 2 rings (SSSR count). The van der Waals surface area contributed by atoms with Crippen molar-refractivity contribution in [3.63, 3.8) is 0 Å². The number of hydrogen-bond donors (Lipinski definition) is 4. The van der Waals surface area contributed by atoms with Crippen molar-refractivity contribution in [2.45, 2.75) is 19.1 Å². The molecule has 0 bridgehead atoms. The minimum absolute atomic E-state index is 0.0571. The highest BCUT2D eigenvalue weighted by Crippen LogP contribution is 2.06. The summed E-state index contributed by atoms with van der Waals surface area (Å²) in [4.78, 5) is 36.0. The van der Waals surface area contributed by atoms with Gasteiger partial charge in [-0.2, -0.15) is 0 Å². The number of nitrogens with two attached hydrogens (primary N) is 2. The van der Waals surface area contributed by atoms with Crippen molar-refractivity contribution in [3.05, 3.63) is 83.7 Å². The van der Waals surface area contributed by atoms with E-state index in [1.165, 1.54) is 0 Å². The van der Waals surface area contributed by atoms with Crippen LogP contribution in [0.3, 0.4) is 0 Å². The van der Waals surface area contributed by atoms with Gasteiger partial charge in [0.05, 0.1) is 0 Å². The van der Waals surface area contributed by atoms with Crippen LogP contribution in [-0.4, -0.2) is 23.9 Å². The van der Waals surface area contributed by atoms with Crippen molar-refractivity contribution in [1.82, 2.24) is 10.6 Å². The van der Waals surface area contributed by atoms with E-state index in [-0.39, 0.29) is 18.7 Å². The molecule has 0 heterocycles. The number of carbonyl (C=O) groups is 3. The van der Waals surface area contributed by atoms with Gasteiger partial charge in [0.2, 0.25) is 5.91 Å². The van der Waals surface area contributed by atoms with Crippen molar-refractivity contribution < 1.29 is 19.1 Å². The van der Waals surface area contributed by atoms with Crippen molar-refractivity contribution in [2.24, 2.45) is 11.5 Å². The molecule has 0 aliphatic heterocycles. The molecule has 1 atom stereocenters. The number of hydrogen-bond acceptors (Lipinski definition) is 5. The number of rotatable bonds is 8. The molecule has 0 unspecified atom stereocenters. The van der Waals surface area contributed by atoms with Crippen LogP contribution in [0, 0.1) is 0 Å². The summed E-state index contributed by atoms with van der Waals surface area (Å²) >= 11 is 0. The quantitative estimate of drug-likeness (QED) is 0.503. The lowest BCUT2D eigenvalue weighted by Gasteiger charge is -2.19. The molecule has 2 aromatic carbocycles. The van der Waals surface area contributed by atoms with E-state index < -0.39 is 23.9 Å². The molecule has 0 radical (unpaired) electrons. The molecular weight excluding hydrogens is 360 g/mol. The first-order valence-electron chi connectivity index (χ1n) is 8.53. The number of carbonyl (C=O) groups excluding carboxylic acids is 3. The maximum absolute atomic E-state index is 12.5. The van der Waals surface area contributed by atoms with Crippen molar-refractivity contribution in [3.8, 4) is 0 Å². The van der Waals surface area contributed by atoms with E-state index >= 15 is 0 Å². The molecule has 3 amide bonds. The summed E-state index contributed by atoms with van der Waals surface area (Å²) in [5.41, 5.74) is 11.8. The topological polar surface area (TPSA) is 137 Å². The average Bonchev–Trinajstić information content (AvgIpc) is 2.71. The number of amides is 3. The highest BCUT2D eigenvalue weighted by Gasteiger charge is 2.23. The zero-order valence-corrected chi connectivity index (χ0v) is 15.1. The van der Waals surface area contributed by atoms with Crippen LogP contribution >= 0.6 is 0 Å². The fraction of sp³-hybridized carbons (Fsp3) is 0.150. The van der Waals surface area contributed by atoms with Crippen molar-refractivity contribution in [2.75, 3.05) is 0 Å². The second-order valence-corrected chi connectivity index (χ2v) is 5.88. The predicted octanol–water partition coefficient (Wildman–Crippen LogP) is 0.926. The third kappa shape index (κ3) is 6.49. The monoisotopic (exact) mass is 382 g/mol. The first-order valence-corrected chi connectivity index (χ1v) is 8.53. The molecular formula is C20H22N4O4. The fourth-order valence-electron chi connectivity index (χ4n) is 2.37. The normalized spacial score (nSPS) is 11.9. The maximum Gasteiger partial charge on any atom is 0.408 e. The van der Waals surface area contributed by atoms with Crippen LogP contribution in [0.25, 0.3) is 0 Å². The van der Waals surface area contributed by atoms with Crippen LogP contribution in [0.2, 0.25) is 0 Å². The zero-order chi connectivity index (χ0) is 20.4. The van der Waals surface area contributed by atoms with Crippen molar-refractivity contribution in [1.29, 1.82) is 0 Å². The second kappa shape index (κ2) is 10.4. The first-order chi connectivity index (χ1) is 13.5. The third-order valence-corrected chi connectivity index (χ3v) is 3.79. The standard InChI is InChI=1S/C20H22N4O4/c21-12-17(18(22)25)23-19(26)16(11-14-7-3-1-4-8-14)24-20(27)28-13-15-9-5-2-6-10-15/h1-10,12,16H,11,13,21H2,(H2,22,25)(H,23,26)(H,24,27)/b17-12-/t16-/m0/s1. The summed E-state index contributed by atoms with van der Waals surface area (Å²) in [6.45, 7) is 0.0571. The first kappa shape index (κ1) is 20.5. The van der Waals surface area contributed by atoms with Gasteiger partial charge in [-0.1, -0.05) is 60.7 Å². The third-order valence-electron chi connectivity index (χ3n) is 3.79. The molecule has 0 aliphatic rings. The average molecular weight is 382 g/mol. The molecule has 6 N–H and O–H groups in total. The molecule has 0 aliphatic carbocycles. The Kier molecular flexibility index (Phi) is 7.59. The van der Waals surface area contributed by atoms with Gasteiger partial charge in [-0.05, 0) is 11.1 Å². The van der Waals surface area contributed by atoms with E-state index in [1.54, 1.807) is 0 Å². The largest absolute Gasteiger partial charge is 0.445 e. The van der Waals surface area contributed by atoms with E-state index in [0.29, 0.717) is 0 Å². The Labute approximate surface area is 162 Å². The van der Waals surface area contributed by atoms with Crippen LogP contribution in [0.15, 0.2) is 72.6 Å². The van der Waals surface area contributed by atoms with Crippen LogP contribution in [-0.2, 0) is 27.4 Å². The van der Waals surface area contributed by atoms with Gasteiger partial charge in [-0.25, -0.2) is 4.79 Å². The molecule has 8 heteroatoms. The van der Waals surface area contributed by atoms with Gasteiger partial charge in [0.25, 0.3) is 5.91 Å². The van der Waals surface area contributed by atoms with Gasteiger partial charge >= 0.3 is 6.09 Å². The van der Waals surface area contributed by atoms with Gasteiger partial charge in [-0.3, -0.25) is 9.59 Å². The Morgan fingerprint density at radius 1 is 0.964 bits per heavy atom. The van der Waals surface area contributed by atoms with E-state index in [1.807, 2.05) is 60.7 Å². The van der Waals surface area contributed by atoms with E-state index in [2.05, 4.69) is 10.6 Å². The molecule has 8 nitrogen and oxygen atoms in total. The van der Waals surface area contributed by atoms with Gasteiger partial charge < -0.3 is 26.8 Å². The summed E-state index contributed by atoms with van der Waals surface area (Å²) in [6, 6.07) is 17.2. The van der Waals surface area contributed by atoms with E-state index in [9.17, 15) is 14.4 Å². The van der Waals surface area contributed by atoms with Crippen LogP contribution in [0.1, 0.15) is 11.1 Å². The van der Waals surface area contributed by atoms with Crippen LogP contribution in [0.4, 0.5) is 4.79 Å². The summed E-state index contributed by atoms with van der Waals surface area (Å²) in [5, 5.41) is 4.83.